The van der Waals surface area contributed by atoms with E-state index in [9.17, 15) is 0 Å². The van der Waals surface area contributed by atoms with Gasteiger partial charge in [0, 0.05) is 16.7 Å². The van der Waals surface area contributed by atoms with E-state index in [4.69, 9.17) is 11.6 Å². The lowest BCUT2D eigenvalue weighted by Crippen LogP contribution is -2.23. The molecule has 1 aromatic rings. The van der Waals surface area contributed by atoms with Crippen LogP contribution >= 0.6 is 23.4 Å². The molecule has 14 heavy (non-hydrogen) atoms. The Hall–Kier alpha value is -0.180. The second kappa shape index (κ2) is 5.06. The molecule has 1 aliphatic rings. The van der Waals surface area contributed by atoms with Crippen LogP contribution in [0.3, 0.4) is 0 Å². The van der Waals surface area contributed by atoms with Gasteiger partial charge in [-0.2, -0.15) is 0 Å². The van der Waals surface area contributed by atoms with Crippen molar-refractivity contribution in [2.24, 2.45) is 0 Å². The summed E-state index contributed by atoms with van der Waals surface area (Å²) in [5.41, 5.74) is 0. The Balaban J connectivity index is 1.88. The Morgan fingerprint density at radius 1 is 1.43 bits per heavy atom. The van der Waals surface area contributed by atoms with Crippen LogP contribution in [0.4, 0.5) is 0 Å². The van der Waals surface area contributed by atoms with E-state index in [-0.39, 0.29) is 0 Å². The molecule has 0 aromatic heterocycles. The van der Waals surface area contributed by atoms with Gasteiger partial charge in [-0.05, 0) is 31.5 Å². The van der Waals surface area contributed by atoms with Gasteiger partial charge in [-0.3, -0.25) is 0 Å². The highest BCUT2D eigenvalue weighted by Gasteiger charge is 2.14. The Morgan fingerprint density at radius 3 is 3.00 bits per heavy atom. The Bertz CT molecular complexity index is 297. The molecule has 0 amide bonds. The number of rotatable bonds is 3. The minimum atomic E-state index is 0.677. The van der Waals surface area contributed by atoms with E-state index in [2.05, 4.69) is 11.4 Å². The SMILES string of the molecule is Clc1ccccc1SCC1CCCN1. The zero-order valence-electron chi connectivity index (χ0n) is 8.00. The lowest BCUT2D eigenvalue weighted by Gasteiger charge is -2.09. The largest absolute Gasteiger partial charge is 0.313 e. The summed E-state index contributed by atoms with van der Waals surface area (Å²) in [5, 5.41) is 4.35. The van der Waals surface area contributed by atoms with Crippen molar-refractivity contribution in [2.75, 3.05) is 12.3 Å². The van der Waals surface area contributed by atoms with E-state index in [0.717, 1.165) is 10.8 Å². The van der Waals surface area contributed by atoms with Gasteiger partial charge in [0.15, 0.2) is 0 Å². The lowest BCUT2D eigenvalue weighted by atomic mass is 10.3. The molecule has 1 heterocycles. The quantitative estimate of drug-likeness (QED) is 0.797. The third-order valence-electron chi connectivity index (χ3n) is 2.44. The van der Waals surface area contributed by atoms with Crippen LogP contribution in [0.1, 0.15) is 12.8 Å². The van der Waals surface area contributed by atoms with Crippen molar-refractivity contribution in [3.05, 3.63) is 29.3 Å². The number of nitrogens with one attached hydrogen (secondary N) is 1. The number of hydrogen-bond acceptors (Lipinski definition) is 2. The standard InChI is InChI=1S/C11H14ClNS/c12-10-5-1-2-6-11(10)14-8-9-4-3-7-13-9/h1-2,5-6,9,13H,3-4,7-8H2. The summed E-state index contributed by atoms with van der Waals surface area (Å²) >= 11 is 7.92. The molecule has 1 saturated heterocycles. The second-order valence-corrected chi connectivity index (χ2v) is 5.00. The molecule has 1 atom stereocenters. The minimum Gasteiger partial charge on any atom is -0.313 e. The summed E-state index contributed by atoms with van der Waals surface area (Å²) in [6.07, 6.45) is 2.62. The molecular formula is C11H14ClNS. The number of halogens is 1. The van der Waals surface area contributed by atoms with Crippen LogP contribution in [0.25, 0.3) is 0 Å². The van der Waals surface area contributed by atoms with Crippen molar-refractivity contribution >= 4 is 23.4 Å². The average Bonchev–Trinajstić information content (AvgIpc) is 2.69. The zero-order valence-corrected chi connectivity index (χ0v) is 9.57. The van der Waals surface area contributed by atoms with E-state index in [0.29, 0.717) is 6.04 Å². The smallest absolute Gasteiger partial charge is 0.0541 e. The van der Waals surface area contributed by atoms with E-state index in [1.54, 1.807) is 0 Å². The molecule has 3 heteroatoms. The Labute approximate surface area is 94.2 Å². The van der Waals surface area contributed by atoms with Crippen LogP contribution in [0, 0.1) is 0 Å². The zero-order chi connectivity index (χ0) is 9.80. The first kappa shape index (κ1) is 10.3. The lowest BCUT2D eigenvalue weighted by molar-refractivity contribution is 0.674. The third-order valence-corrected chi connectivity index (χ3v) is 4.12. The molecule has 0 saturated carbocycles. The first-order valence-corrected chi connectivity index (χ1v) is 6.33. The molecule has 1 N–H and O–H groups in total. The first-order chi connectivity index (χ1) is 6.86. The van der Waals surface area contributed by atoms with Gasteiger partial charge in [-0.15, -0.1) is 11.8 Å². The molecular weight excluding hydrogens is 214 g/mol. The van der Waals surface area contributed by atoms with Crippen LogP contribution in [0.2, 0.25) is 5.02 Å². The first-order valence-electron chi connectivity index (χ1n) is 4.97. The van der Waals surface area contributed by atoms with Crippen LogP contribution in [0.5, 0.6) is 0 Å². The maximum Gasteiger partial charge on any atom is 0.0541 e. The summed E-state index contributed by atoms with van der Waals surface area (Å²) < 4.78 is 0. The van der Waals surface area contributed by atoms with Crippen LogP contribution in [-0.2, 0) is 0 Å². The van der Waals surface area contributed by atoms with E-state index >= 15 is 0 Å². The average molecular weight is 228 g/mol. The van der Waals surface area contributed by atoms with Crippen LogP contribution in [0.15, 0.2) is 29.2 Å². The summed E-state index contributed by atoms with van der Waals surface area (Å²) in [6, 6.07) is 8.72. The van der Waals surface area contributed by atoms with Gasteiger partial charge in [0.25, 0.3) is 0 Å². The summed E-state index contributed by atoms with van der Waals surface area (Å²) in [4.78, 5) is 1.20. The molecule has 0 radical (unpaired) electrons. The highest BCUT2D eigenvalue weighted by Crippen LogP contribution is 2.28. The van der Waals surface area contributed by atoms with Crippen molar-refractivity contribution in [1.82, 2.24) is 5.32 Å². The van der Waals surface area contributed by atoms with Gasteiger partial charge in [-0.1, -0.05) is 23.7 Å². The maximum absolute atomic E-state index is 6.07. The van der Waals surface area contributed by atoms with E-state index in [1.807, 2.05) is 30.0 Å². The summed E-state index contributed by atoms with van der Waals surface area (Å²) in [7, 11) is 0. The highest BCUT2D eigenvalue weighted by atomic mass is 35.5. The van der Waals surface area contributed by atoms with E-state index < -0.39 is 0 Å². The molecule has 1 fully saturated rings. The van der Waals surface area contributed by atoms with E-state index in [1.165, 1.54) is 24.3 Å². The van der Waals surface area contributed by atoms with Gasteiger partial charge < -0.3 is 5.32 Å². The number of hydrogen-bond donors (Lipinski definition) is 1. The molecule has 1 aromatic carbocycles. The number of thioether (sulfide) groups is 1. The predicted octanol–water partition coefficient (Wildman–Crippen LogP) is 3.18. The molecule has 0 bridgehead atoms. The summed E-state index contributed by atoms with van der Waals surface area (Å²) in [6.45, 7) is 1.17. The molecule has 76 valence electrons. The van der Waals surface area contributed by atoms with Crippen molar-refractivity contribution in [1.29, 1.82) is 0 Å². The van der Waals surface area contributed by atoms with Gasteiger partial charge >= 0.3 is 0 Å². The fourth-order valence-electron chi connectivity index (χ4n) is 1.65. The van der Waals surface area contributed by atoms with Crippen molar-refractivity contribution in [3.63, 3.8) is 0 Å². The normalized spacial score (nSPS) is 21.4. The monoisotopic (exact) mass is 227 g/mol. The van der Waals surface area contributed by atoms with Gasteiger partial charge in [-0.25, -0.2) is 0 Å². The summed E-state index contributed by atoms with van der Waals surface area (Å²) in [5.74, 6) is 1.13. The fourth-order valence-corrected chi connectivity index (χ4v) is 3.00. The third kappa shape index (κ3) is 2.66. The molecule has 0 aliphatic carbocycles. The Kier molecular flexibility index (Phi) is 3.74. The molecule has 1 aliphatic heterocycles. The van der Waals surface area contributed by atoms with Gasteiger partial charge in [0.05, 0.1) is 5.02 Å². The van der Waals surface area contributed by atoms with Crippen molar-refractivity contribution in [2.45, 2.75) is 23.8 Å². The van der Waals surface area contributed by atoms with Crippen LogP contribution < -0.4 is 5.32 Å². The molecule has 1 nitrogen and oxygen atoms in total. The second-order valence-electron chi connectivity index (χ2n) is 3.53. The number of benzene rings is 1. The fraction of sp³-hybridized carbons (Fsp3) is 0.455. The van der Waals surface area contributed by atoms with Gasteiger partial charge in [0.1, 0.15) is 0 Å². The predicted molar refractivity (Wildman–Crippen MR) is 63.2 cm³/mol. The van der Waals surface area contributed by atoms with Crippen molar-refractivity contribution in [3.8, 4) is 0 Å². The van der Waals surface area contributed by atoms with Gasteiger partial charge in [0.2, 0.25) is 0 Å². The Morgan fingerprint density at radius 2 is 2.29 bits per heavy atom. The van der Waals surface area contributed by atoms with Crippen molar-refractivity contribution < 1.29 is 0 Å². The topological polar surface area (TPSA) is 12.0 Å². The highest BCUT2D eigenvalue weighted by molar-refractivity contribution is 7.99. The maximum atomic E-state index is 6.07. The minimum absolute atomic E-state index is 0.677. The molecule has 2 rings (SSSR count). The molecule has 0 spiro atoms. The van der Waals surface area contributed by atoms with Crippen LogP contribution in [-0.4, -0.2) is 18.3 Å². The molecule has 1 unspecified atom stereocenters.